The van der Waals surface area contributed by atoms with Crippen molar-refractivity contribution in [1.82, 2.24) is 4.90 Å². The second-order valence-electron chi connectivity index (χ2n) is 12.8. The fourth-order valence-corrected chi connectivity index (χ4v) is 7.88. The smallest absolute Gasteiger partial charge is 0.254 e. The Labute approximate surface area is 267 Å². The van der Waals surface area contributed by atoms with Gasteiger partial charge in [0.25, 0.3) is 5.91 Å². The van der Waals surface area contributed by atoms with E-state index in [-0.39, 0.29) is 36.0 Å². The summed E-state index contributed by atoms with van der Waals surface area (Å²) in [5.74, 6) is -3.35. The highest BCUT2D eigenvalue weighted by Crippen LogP contribution is 2.51. The van der Waals surface area contributed by atoms with Gasteiger partial charge in [0.05, 0.1) is 0 Å². The van der Waals surface area contributed by atoms with E-state index in [0.717, 1.165) is 11.1 Å². The van der Waals surface area contributed by atoms with Gasteiger partial charge in [-0.2, -0.15) is 0 Å². The van der Waals surface area contributed by atoms with Crippen LogP contribution in [0.3, 0.4) is 0 Å². The van der Waals surface area contributed by atoms with E-state index in [2.05, 4.69) is 26.1 Å². The summed E-state index contributed by atoms with van der Waals surface area (Å²) >= 11 is 0. The van der Waals surface area contributed by atoms with E-state index in [1.54, 1.807) is 25.1 Å². The zero-order chi connectivity index (χ0) is 33.4. The SMILES string of the molecule is CCCc1c(C(N)=O)cccc1C(=O)N(CCC)C(Cc1ccccc1)P(=O)(O)CC(C)C(=O)Nc1ccc(C(C)(C)C)cc1. The first kappa shape index (κ1) is 35.7. The van der Waals surface area contributed by atoms with Crippen molar-refractivity contribution in [2.24, 2.45) is 11.7 Å². The van der Waals surface area contributed by atoms with Gasteiger partial charge in [-0.3, -0.25) is 18.9 Å². The van der Waals surface area contributed by atoms with E-state index in [9.17, 15) is 23.8 Å². The molecule has 0 aliphatic heterocycles. The minimum absolute atomic E-state index is 0.0343. The van der Waals surface area contributed by atoms with Crippen LogP contribution in [-0.2, 0) is 27.6 Å². The van der Waals surface area contributed by atoms with Crippen LogP contribution in [0.4, 0.5) is 5.69 Å². The number of amides is 3. The van der Waals surface area contributed by atoms with Crippen molar-refractivity contribution < 1.29 is 23.8 Å². The van der Waals surface area contributed by atoms with Crippen LogP contribution in [0.5, 0.6) is 0 Å². The van der Waals surface area contributed by atoms with Gasteiger partial charge in [0.1, 0.15) is 5.78 Å². The Kier molecular flexibility index (Phi) is 12.3. The van der Waals surface area contributed by atoms with Crippen LogP contribution in [0.1, 0.15) is 91.8 Å². The van der Waals surface area contributed by atoms with E-state index in [0.29, 0.717) is 36.1 Å². The standard InChI is InChI=1S/C36H48N3O5P/c1-7-13-29-30(33(37)40)16-12-17-31(29)35(42)39(22-8-2)32(23-26-14-10-9-11-15-26)45(43,44)24-25(3)34(41)38-28-20-18-27(19-21-28)36(4,5)6/h9-12,14-21,25,32H,7-8,13,22-24H2,1-6H3,(H2,37,40)(H,38,41)(H,43,44). The number of nitrogens with zero attached hydrogens (tertiary/aromatic N) is 1. The molecule has 0 saturated carbocycles. The molecule has 0 aliphatic carbocycles. The van der Waals surface area contributed by atoms with Crippen molar-refractivity contribution in [3.63, 3.8) is 0 Å². The lowest BCUT2D eigenvalue weighted by atomic mass is 9.87. The molecule has 242 valence electrons. The monoisotopic (exact) mass is 633 g/mol. The van der Waals surface area contributed by atoms with Gasteiger partial charge >= 0.3 is 0 Å². The summed E-state index contributed by atoms with van der Waals surface area (Å²) < 4.78 is 14.4. The fourth-order valence-electron chi connectivity index (χ4n) is 5.53. The topological polar surface area (TPSA) is 130 Å². The van der Waals surface area contributed by atoms with Crippen molar-refractivity contribution in [3.05, 3.63) is 101 Å². The van der Waals surface area contributed by atoms with Gasteiger partial charge in [0, 0.05) is 41.9 Å². The zero-order valence-electron chi connectivity index (χ0n) is 27.4. The summed E-state index contributed by atoms with van der Waals surface area (Å²) in [6.07, 6.45) is 1.48. The molecular weight excluding hydrogens is 585 g/mol. The Morgan fingerprint density at radius 1 is 0.911 bits per heavy atom. The molecule has 3 amide bonds. The lowest BCUT2D eigenvalue weighted by molar-refractivity contribution is -0.118. The lowest BCUT2D eigenvalue weighted by Crippen LogP contribution is -2.43. The number of hydrogen-bond acceptors (Lipinski definition) is 4. The first-order valence-corrected chi connectivity index (χ1v) is 17.6. The minimum Gasteiger partial charge on any atom is -0.366 e. The Morgan fingerprint density at radius 3 is 2.09 bits per heavy atom. The molecule has 3 aromatic carbocycles. The molecule has 3 rings (SSSR count). The van der Waals surface area contributed by atoms with Crippen molar-refractivity contribution in [3.8, 4) is 0 Å². The number of anilines is 1. The molecule has 0 aromatic heterocycles. The Hall–Kier alpha value is -3.74. The summed E-state index contributed by atoms with van der Waals surface area (Å²) in [4.78, 5) is 53.0. The van der Waals surface area contributed by atoms with Crippen molar-refractivity contribution in [2.45, 2.75) is 78.4 Å². The van der Waals surface area contributed by atoms with Gasteiger partial charge in [-0.05, 0) is 59.2 Å². The number of nitrogens with one attached hydrogen (secondary N) is 1. The highest BCUT2D eigenvalue weighted by atomic mass is 31.2. The maximum Gasteiger partial charge on any atom is 0.254 e. The van der Waals surface area contributed by atoms with Gasteiger partial charge in [-0.25, -0.2) is 0 Å². The predicted octanol–water partition coefficient (Wildman–Crippen LogP) is 7.00. The molecule has 8 nitrogen and oxygen atoms in total. The van der Waals surface area contributed by atoms with Crippen molar-refractivity contribution >= 4 is 30.8 Å². The minimum atomic E-state index is -4.18. The van der Waals surface area contributed by atoms with Gasteiger partial charge in [-0.1, -0.05) is 96.5 Å². The van der Waals surface area contributed by atoms with Crippen LogP contribution in [0.2, 0.25) is 0 Å². The van der Waals surface area contributed by atoms with E-state index in [1.807, 2.05) is 68.4 Å². The Morgan fingerprint density at radius 2 is 1.53 bits per heavy atom. The number of benzene rings is 3. The first-order valence-electron chi connectivity index (χ1n) is 15.7. The molecule has 0 spiro atoms. The number of carbonyl (C=O) groups excluding carboxylic acids is 3. The zero-order valence-corrected chi connectivity index (χ0v) is 28.3. The molecular formula is C36H48N3O5P. The van der Waals surface area contributed by atoms with Crippen LogP contribution >= 0.6 is 7.37 Å². The first-order chi connectivity index (χ1) is 21.2. The van der Waals surface area contributed by atoms with E-state index in [1.165, 1.54) is 4.90 Å². The second-order valence-corrected chi connectivity index (χ2v) is 15.2. The van der Waals surface area contributed by atoms with E-state index < -0.39 is 30.9 Å². The van der Waals surface area contributed by atoms with Crippen LogP contribution in [0.15, 0.2) is 72.8 Å². The Bertz CT molecular complexity index is 1520. The molecule has 9 heteroatoms. The number of primary amides is 1. The summed E-state index contributed by atoms with van der Waals surface area (Å²) in [6, 6.07) is 21.7. The van der Waals surface area contributed by atoms with E-state index >= 15 is 0 Å². The third-order valence-corrected chi connectivity index (χ3v) is 10.4. The Balaban J connectivity index is 1.97. The predicted molar refractivity (Wildman–Crippen MR) is 182 cm³/mol. The molecule has 0 aliphatic rings. The lowest BCUT2D eigenvalue weighted by Gasteiger charge is -2.36. The van der Waals surface area contributed by atoms with Crippen LogP contribution in [0, 0.1) is 5.92 Å². The summed E-state index contributed by atoms with van der Waals surface area (Å²) in [6.45, 7) is 12.0. The quantitative estimate of drug-likeness (QED) is 0.165. The summed E-state index contributed by atoms with van der Waals surface area (Å²) in [5.41, 5.74) is 9.25. The molecule has 3 aromatic rings. The van der Waals surface area contributed by atoms with Crippen LogP contribution in [-0.4, -0.2) is 46.0 Å². The number of carbonyl (C=O) groups is 3. The van der Waals surface area contributed by atoms with Crippen molar-refractivity contribution in [2.75, 3.05) is 18.0 Å². The molecule has 3 atom stereocenters. The molecule has 0 fully saturated rings. The van der Waals surface area contributed by atoms with Gasteiger partial charge < -0.3 is 20.8 Å². The van der Waals surface area contributed by atoms with Crippen LogP contribution in [0.25, 0.3) is 0 Å². The maximum atomic E-state index is 14.4. The van der Waals surface area contributed by atoms with E-state index in [4.69, 9.17) is 5.73 Å². The number of nitrogens with two attached hydrogens (primary N) is 1. The fraction of sp³-hybridized carbons (Fsp3) is 0.417. The summed E-state index contributed by atoms with van der Waals surface area (Å²) in [7, 11) is -4.18. The van der Waals surface area contributed by atoms with Crippen molar-refractivity contribution in [1.29, 1.82) is 0 Å². The van der Waals surface area contributed by atoms with Gasteiger partial charge in [0.15, 0.2) is 0 Å². The molecule has 4 N–H and O–H groups in total. The number of rotatable bonds is 14. The second kappa shape index (κ2) is 15.5. The third-order valence-electron chi connectivity index (χ3n) is 7.99. The maximum absolute atomic E-state index is 14.4. The normalized spacial score (nSPS) is 14.2. The molecule has 0 heterocycles. The molecule has 0 radical (unpaired) electrons. The molecule has 0 saturated heterocycles. The average molecular weight is 634 g/mol. The van der Waals surface area contributed by atoms with Crippen LogP contribution < -0.4 is 11.1 Å². The third kappa shape index (κ3) is 9.38. The molecule has 0 bridgehead atoms. The van der Waals surface area contributed by atoms with Gasteiger partial charge in [-0.15, -0.1) is 0 Å². The molecule has 3 unspecified atom stereocenters. The summed E-state index contributed by atoms with van der Waals surface area (Å²) in [5, 5.41) is 2.88. The highest BCUT2D eigenvalue weighted by molar-refractivity contribution is 7.58. The molecule has 45 heavy (non-hydrogen) atoms. The number of hydrogen-bond donors (Lipinski definition) is 3. The van der Waals surface area contributed by atoms with Gasteiger partial charge in [0.2, 0.25) is 19.2 Å². The average Bonchev–Trinajstić information content (AvgIpc) is 2.98. The largest absolute Gasteiger partial charge is 0.366 e. The highest BCUT2D eigenvalue weighted by Gasteiger charge is 2.41.